The fraction of sp³-hybridized carbons (Fsp3) is 0.174. The van der Waals surface area contributed by atoms with Crippen LogP contribution in [0.5, 0.6) is 0 Å². The van der Waals surface area contributed by atoms with Crippen molar-refractivity contribution in [1.29, 1.82) is 0 Å². The van der Waals surface area contributed by atoms with E-state index in [-0.39, 0.29) is 4.90 Å². The number of oxazole rings is 1. The second kappa shape index (κ2) is 7.34. The van der Waals surface area contributed by atoms with Crippen molar-refractivity contribution < 1.29 is 17.2 Å². The van der Waals surface area contributed by atoms with Crippen molar-refractivity contribution in [2.45, 2.75) is 23.8 Å². The Morgan fingerprint density at radius 2 is 1.73 bits per heavy atom. The maximum atomic E-state index is 13.2. The molecule has 0 spiro atoms. The van der Waals surface area contributed by atoms with Gasteiger partial charge in [0.2, 0.25) is 15.9 Å². The van der Waals surface area contributed by atoms with Gasteiger partial charge in [-0.3, -0.25) is 0 Å². The summed E-state index contributed by atoms with van der Waals surface area (Å²) >= 11 is 0. The molecule has 5 nitrogen and oxygen atoms in total. The quantitative estimate of drug-likeness (QED) is 0.456. The Labute approximate surface area is 173 Å². The van der Waals surface area contributed by atoms with E-state index in [2.05, 4.69) is 4.98 Å². The van der Waals surface area contributed by atoms with Crippen molar-refractivity contribution in [2.75, 3.05) is 6.54 Å². The maximum Gasteiger partial charge on any atom is 0.243 e. The first-order valence-electron chi connectivity index (χ1n) is 9.76. The van der Waals surface area contributed by atoms with E-state index in [9.17, 15) is 12.8 Å². The van der Waals surface area contributed by atoms with Crippen LogP contribution in [0.15, 0.2) is 82.1 Å². The molecule has 1 aromatic heterocycles. The molecule has 4 aromatic rings. The second-order valence-corrected chi connectivity index (χ2v) is 9.22. The summed E-state index contributed by atoms with van der Waals surface area (Å²) in [4.78, 5) is 4.69. The van der Waals surface area contributed by atoms with Crippen LogP contribution in [0, 0.1) is 5.82 Å². The van der Waals surface area contributed by atoms with Gasteiger partial charge in [-0.25, -0.2) is 17.8 Å². The summed E-state index contributed by atoms with van der Waals surface area (Å²) in [5.74, 6) is -0.0847. The van der Waals surface area contributed by atoms with Crippen LogP contribution in [-0.2, 0) is 10.0 Å². The predicted octanol–water partition coefficient (Wildman–Crippen LogP) is 5.16. The lowest BCUT2D eigenvalue weighted by Crippen LogP contribution is -2.30. The molecule has 0 N–H and O–H groups in total. The Hall–Kier alpha value is -3.03. The van der Waals surface area contributed by atoms with Crippen molar-refractivity contribution in [2.24, 2.45) is 0 Å². The Balaban J connectivity index is 1.50. The maximum absolute atomic E-state index is 13.2. The number of hydrogen-bond acceptors (Lipinski definition) is 4. The smallest absolute Gasteiger partial charge is 0.243 e. The van der Waals surface area contributed by atoms with Crippen molar-refractivity contribution in [3.8, 4) is 11.1 Å². The number of sulfonamides is 1. The lowest BCUT2D eigenvalue weighted by Gasteiger charge is -2.21. The first kappa shape index (κ1) is 19.0. The van der Waals surface area contributed by atoms with Gasteiger partial charge in [0, 0.05) is 6.54 Å². The van der Waals surface area contributed by atoms with Gasteiger partial charge in [-0.05, 0) is 60.4 Å². The molecule has 152 valence electrons. The largest absolute Gasteiger partial charge is 0.439 e. The molecule has 0 amide bonds. The van der Waals surface area contributed by atoms with Crippen molar-refractivity contribution in [3.05, 3.63) is 84.5 Å². The van der Waals surface area contributed by atoms with Crippen LogP contribution in [0.1, 0.15) is 24.8 Å². The van der Waals surface area contributed by atoms with Crippen molar-refractivity contribution in [1.82, 2.24) is 9.29 Å². The highest BCUT2D eigenvalue weighted by atomic mass is 32.2. The lowest BCUT2D eigenvalue weighted by atomic mass is 10.1. The van der Waals surface area contributed by atoms with Crippen LogP contribution in [0.3, 0.4) is 0 Å². The Morgan fingerprint density at radius 3 is 2.50 bits per heavy atom. The summed E-state index contributed by atoms with van der Waals surface area (Å²) in [6.07, 6.45) is 1.33. The van der Waals surface area contributed by atoms with Gasteiger partial charge in [0.05, 0.1) is 4.90 Å². The highest BCUT2D eigenvalue weighted by Gasteiger charge is 2.39. The summed E-state index contributed by atoms with van der Waals surface area (Å²) in [5, 5.41) is 0. The molecular weight excluding hydrogens is 403 g/mol. The summed E-state index contributed by atoms with van der Waals surface area (Å²) in [5.41, 5.74) is 3.41. The summed E-state index contributed by atoms with van der Waals surface area (Å²) in [7, 11) is -3.77. The van der Waals surface area contributed by atoms with Crippen LogP contribution in [0.2, 0.25) is 0 Å². The molecule has 0 unspecified atom stereocenters. The van der Waals surface area contributed by atoms with Crippen LogP contribution < -0.4 is 0 Å². The molecule has 1 atom stereocenters. The molecule has 2 heterocycles. The van der Waals surface area contributed by atoms with E-state index in [4.69, 9.17) is 4.42 Å². The standard InChI is InChI=1S/C23H19FN2O3S/c24-18-9-11-19(12-10-18)30(27,28)26-14-4-7-21(26)23-25-20-15-17(8-13-22(20)29-23)16-5-2-1-3-6-16/h1-3,5-6,8-13,15,21H,4,7,14H2/t21-/m1/s1. The zero-order valence-corrected chi connectivity index (χ0v) is 16.8. The van der Waals surface area contributed by atoms with Gasteiger partial charge in [0.15, 0.2) is 5.58 Å². The summed E-state index contributed by atoms with van der Waals surface area (Å²) in [6.45, 7) is 0.373. The van der Waals surface area contributed by atoms with E-state index in [1.54, 1.807) is 0 Å². The zero-order valence-electron chi connectivity index (χ0n) is 16.0. The number of fused-ring (bicyclic) bond motifs is 1. The van der Waals surface area contributed by atoms with Crippen LogP contribution >= 0.6 is 0 Å². The van der Waals surface area contributed by atoms with Gasteiger partial charge < -0.3 is 4.42 Å². The molecule has 5 rings (SSSR count). The Bertz CT molecular complexity index is 1300. The first-order chi connectivity index (χ1) is 14.5. The molecule has 3 aromatic carbocycles. The van der Waals surface area contributed by atoms with Crippen molar-refractivity contribution >= 4 is 21.1 Å². The van der Waals surface area contributed by atoms with Gasteiger partial charge in [-0.2, -0.15) is 4.31 Å². The van der Waals surface area contributed by atoms with Crippen LogP contribution in [-0.4, -0.2) is 24.3 Å². The zero-order chi connectivity index (χ0) is 20.7. The molecule has 1 saturated heterocycles. The number of halogens is 1. The van der Waals surface area contributed by atoms with E-state index in [1.807, 2.05) is 48.5 Å². The third-order valence-electron chi connectivity index (χ3n) is 5.42. The van der Waals surface area contributed by atoms with Crippen LogP contribution in [0.25, 0.3) is 22.2 Å². The Kier molecular flexibility index (Phi) is 4.64. The predicted molar refractivity (Wildman–Crippen MR) is 112 cm³/mol. The van der Waals surface area contributed by atoms with E-state index in [1.165, 1.54) is 16.4 Å². The molecule has 0 radical (unpaired) electrons. The van der Waals surface area contributed by atoms with Crippen LogP contribution in [0.4, 0.5) is 4.39 Å². The van der Waals surface area contributed by atoms with Gasteiger partial charge in [-0.1, -0.05) is 36.4 Å². The van der Waals surface area contributed by atoms with E-state index in [0.29, 0.717) is 36.4 Å². The molecule has 1 aliphatic rings. The minimum Gasteiger partial charge on any atom is -0.439 e. The fourth-order valence-electron chi connectivity index (χ4n) is 3.91. The van der Waals surface area contributed by atoms with E-state index >= 15 is 0 Å². The molecular formula is C23H19FN2O3S. The summed E-state index contributed by atoms with van der Waals surface area (Å²) in [6, 6.07) is 20.2. The average Bonchev–Trinajstić information content (AvgIpc) is 3.41. The molecule has 0 bridgehead atoms. The number of rotatable bonds is 4. The van der Waals surface area contributed by atoms with Gasteiger partial charge in [0.25, 0.3) is 0 Å². The van der Waals surface area contributed by atoms with Gasteiger partial charge in [-0.15, -0.1) is 0 Å². The number of aromatic nitrogens is 1. The minimum absolute atomic E-state index is 0.0678. The molecule has 7 heteroatoms. The normalized spacial score (nSPS) is 17.6. The highest BCUT2D eigenvalue weighted by molar-refractivity contribution is 7.89. The highest BCUT2D eigenvalue weighted by Crippen LogP contribution is 2.37. The Morgan fingerprint density at radius 1 is 0.967 bits per heavy atom. The number of benzene rings is 3. The molecule has 0 aliphatic carbocycles. The fourth-order valence-corrected chi connectivity index (χ4v) is 5.57. The first-order valence-corrected chi connectivity index (χ1v) is 11.2. The monoisotopic (exact) mass is 422 g/mol. The number of hydrogen-bond donors (Lipinski definition) is 0. The molecule has 30 heavy (non-hydrogen) atoms. The molecule has 1 aliphatic heterocycles. The van der Waals surface area contributed by atoms with E-state index in [0.717, 1.165) is 23.3 Å². The number of nitrogens with zero attached hydrogens (tertiary/aromatic N) is 2. The molecule has 1 fully saturated rings. The average molecular weight is 422 g/mol. The van der Waals surface area contributed by atoms with Gasteiger partial charge in [0.1, 0.15) is 17.4 Å². The van der Waals surface area contributed by atoms with Crippen molar-refractivity contribution in [3.63, 3.8) is 0 Å². The summed E-state index contributed by atoms with van der Waals surface area (Å²) < 4.78 is 46.8. The topological polar surface area (TPSA) is 63.4 Å². The van der Waals surface area contributed by atoms with E-state index < -0.39 is 21.9 Å². The van der Waals surface area contributed by atoms with Gasteiger partial charge >= 0.3 is 0 Å². The minimum atomic E-state index is -3.77. The molecule has 0 saturated carbocycles. The lowest BCUT2D eigenvalue weighted by molar-refractivity contribution is 0.337. The third kappa shape index (κ3) is 3.30. The second-order valence-electron chi connectivity index (χ2n) is 7.33. The SMILES string of the molecule is O=S(=O)(c1ccc(F)cc1)N1CCC[C@@H]1c1nc2cc(-c3ccccc3)ccc2o1. The third-order valence-corrected chi connectivity index (χ3v) is 7.34.